The van der Waals surface area contributed by atoms with Gasteiger partial charge in [-0.3, -0.25) is 0 Å². The van der Waals surface area contributed by atoms with Crippen LogP contribution in [0.4, 0.5) is 0 Å². The molecule has 2 aromatic rings. The Hall–Kier alpha value is -1.61. The van der Waals surface area contributed by atoms with Crippen LogP contribution in [0.2, 0.25) is 0 Å². The average Bonchev–Trinajstić information content (AvgIpc) is 3.22. The first-order valence-corrected chi connectivity index (χ1v) is 10.5. The third-order valence-corrected chi connectivity index (χ3v) is 5.27. The van der Waals surface area contributed by atoms with Crippen molar-refractivity contribution in [1.82, 2.24) is 20.5 Å². The lowest BCUT2D eigenvalue weighted by molar-refractivity contribution is 0.194. The highest BCUT2D eigenvalue weighted by Gasteiger charge is 2.17. The summed E-state index contributed by atoms with van der Waals surface area (Å²) in [5.41, 5.74) is 1.81. The summed E-state index contributed by atoms with van der Waals surface area (Å²) in [6.45, 7) is 5.31. The molecule has 3 rings (SSSR count). The summed E-state index contributed by atoms with van der Waals surface area (Å²) in [7, 11) is 2.24. The van der Waals surface area contributed by atoms with Crippen LogP contribution in [0.15, 0.2) is 46.0 Å². The molecule has 0 unspecified atom stereocenters. The number of aromatic nitrogens is 1. The van der Waals surface area contributed by atoms with Crippen LogP contribution in [0.5, 0.6) is 0 Å². The molecule has 0 atom stereocenters. The molecule has 1 aromatic heterocycles. The van der Waals surface area contributed by atoms with Gasteiger partial charge in [0.2, 0.25) is 5.89 Å². The Kier molecular flexibility index (Phi) is 10.5. The number of nitrogens with one attached hydrogen (secondary N) is 2. The van der Waals surface area contributed by atoms with Crippen molar-refractivity contribution in [2.24, 2.45) is 4.99 Å². The largest absolute Gasteiger partial charge is 0.444 e. The van der Waals surface area contributed by atoms with Crippen LogP contribution in [-0.4, -0.2) is 48.6 Å². The van der Waals surface area contributed by atoms with Crippen molar-refractivity contribution in [2.75, 3.05) is 26.7 Å². The van der Waals surface area contributed by atoms with Gasteiger partial charge in [0.15, 0.2) is 5.96 Å². The van der Waals surface area contributed by atoms with Crippen LogP contribution in [0.25, 0.3) is 11.5 Å². The number of hydrogen-bond acceptors (Lipinski definition) is 4. The lowest BCUT2D eigenvalue weighted by Crippen LogP contribution is -2.43. The average molecular weight is 511 g/mol. The van der Waals surface area contributed by atoms with Crippen LogP contribution >= 0.6 is 24.0 Å². The highest BCUT2D eigenvalue weighted by molar-refractivity contribution is 14.0. The van der Waals surface area contributed by atoms with Gasteiger partial charge in [-0.25, -0.2) is 9.98 Å². The van der Waals surface area contributed by atoms with E-state index >= 15 is 0 Å². The van der Waals surface area contributed by atoms with Crippen LogP contribution in [-0.2, 0) is 6.54 Å². The summed E-state index contributed by atoms with van der Waals surface area (Å²) in [5.74, 6) is 1.46. The van der Waals surface area contributed by atoms with Crippen molar-refractivity contribution in [3.8, 4) is 11.5 Å². The molecule has 0 radical (unpaired) electrons. The van der Waals surface area contributed by atoms with Gasteiger partial charge in [-0.15, -0.1) is 24.0 Å². The molecule has 0 spiro atoms. The minimum atomic E-state index is 0. The molecule has 0 amide bonds. The zero-order valence-corrected chi connectivity index (χ0v) is 19.9. The lowest BCUT2D eigenvalue weighted by Gasteiger charge is -2.31. The molecule has 0 bridgehead atoms. The molecule has 1 aliphatic rings. The SMILES string of the molecule is CCNC(=NCc1coc(-c2ccccc2)n1)NCCN(C)C1CCCCC1.I. The summed E-state index contributed by atoms with van der Waals surface area (Å²) in [6, 6.07) is 10.7. The van der Waals surface area contributed by atoms with Crippen molar-refractivity contribution in [2.45, 2.75) is 51.6 Å². The smallest absolute Gasteiger partial charge is 0.226 e. The number of likely N-dealkylation sites (N-methyl/N-ethyl adjacent to an activating group) is 1. The van der Waals surface area contributed by atoms with E-state index in [2.05, 4.69) is 39.5 Å². The number of rotatable bonds is 8. The number of benzene rings is 1. The van der Waals surface area contributed by atoms with Crippen molar-refractivity contribution in [1.29, 1.82) is 0 Å². The molecule has 2 N–H and O–H groups in total. The summed E-state index contributed by atoms with van der Waals surface area (Å²) in [5, 5.41) is 6.74. The molecule has 1 heterocycles. The topological polar surface area (TPSA) is 65.7 Å². The number of nitrogens with zero attached hydrogens (tertiary/aromatic N) is 3. The number of oxazole rings is 1. The summed E-state index contributed by atoms with van der Waals surface area (Å²) >= 11 is 0. The second kappa shape index (κ2) is 12.8. The molecule has 0 saturated heterocycles. The molecule has 0 aliphatic heterocycles. The van der Waals surface area contributed by atoms with Gasteiger partial charge in [0.1, 0.15) is 12.0 Å². The van der Waals surface area contributed by atoms with Crippen molar-refractivity contribution >= 4 is 29.9 Å². The van der Waals surface area contributed by atoms with E-state index in [1.54, 1.807) is 6.26 Å². The maximum Gasteiger partial charge on any atom is 0.226 e. The van der Waals surface area contributed by atoms with Crippen molar-refractivity contribution < 1.29 is 4.42 Å². The van der Waals surface area contributed by atoms with Crippen LogP contribution in [0.3, 0.4) is 0 Å². The quantitative estimate of drug-likeness (QED) is 0.315. The van der Waals surface area contributed by atoms with Gasteiger partial charge >= 0.3 is 0 Å². The van der Waals surface area contributed by atoms with E-state index in [0.717, 1.165) is 42.9 Å². The molecule has 7 heteroatoms. The standard InChI is InChI=1S/C22H33N5O.HI/c1-3-23-22(24-14-15-27(2)20-12-8-5-9-13-20)25-16-19-17-28-21(26-19)18-10-6-4-7-11-18;/h4,6-7,10-11,17,20H,3,5,8-9,12-16H2,1-2H3,(H2,23,24,25);1H. The van der Waals surface area contributed by atoms with Crippen LogP contribution in [0.1, 0.15) is 44.7 Å². The minimum absolute atomic E-state index is 0. The van der Waals surface area contributed by atoms with Gasteiger partial charge in [-0.1, -0.05) is 37.5 Å². The first kappa shape index (κ1) is 23.7. The molecule has 1 aliphatic carbocycles. The Labute approximate surface area is 191 Å². The fourth-order valence-corrected chi connectivity index (χ4v) is 3.65. The van der Waals surface area contributed by atoms with Crippen molar-refractivity contribution in [3.63, 3.8) is 0 Å². The molecule has 1 aromatic carbocycles. The maximum atomic E-state index is 5.59. The predicted octanol–water partition coefficient (Wildman–Crippen LogP) is 4.28. The van der Waals surface area contributed by atoms with Crippen molar-refractivity contribution in [3.05, 3.63) is 42.3 Å². The van der Waals surface area contributed by atoms with E-state index in [-0.39, 0.29) is 24.0 Å². The maximum absolute atomic E-state index is 5.59. The van der Waals surface area contributed by atoms with E-state index in [0.29, 0.717) is 12.4 Å². The number of guanidine groups is 1. The van der Waals surface area contributed by atoms with Crippen LogP contribution < -0.4 is 10.6 Å². The molecule has 1 saturated carbocycles. The first-order valence-electron chi connectivity index (χ1n) is 10.5. The normalized spacial score (nSPS) is 15.2. The third kappa shape index (κ3) is 7.62. The van der Waals surface area contributed by atoms with E-state index in [9.17, 15) is 0 Å². The van der Waals surface area contributed by atoms with E-state index in [1.807, 2.05) is 30.3 Å². The minimum Gasteiger partial charge on any atom is -0.444 e. The predicted molar refractivity (Wildman–Crippen MR) is 130 cm³/mol. The highest BCUT2D eigenvalue weighted by Crippen LogP contribution is 2.21. The Balaban J connectivity index is 0.00000300. The Morgan fingerprint density at radius 1 is 1.17 bits per heavy atom. The van der Waals surface area contributed by atoms with Gasteiger partial charge in [-0.2, -0.15) is 0 Å². The zero-order chi connectivity index (χ0) is 19.6. The second-order valence-corrected chi connectivity index (χ2v) is 7.40. The number of halogens is 1. The van der Waals surface area contributed by atoms with Gasteiger partial charge in [0.25, 0.3) is 0 Å². The van der Waals surface area contributed by atoms with E-state index in [4.69, 9.17) is 4.42 Å². The second-order valence-electron chi connectivity index (χ2n) is 7.40. The van der Waals surface area contributed by atoms with Gasteiger partial charge in [-0.05, 0) is 38.9 Å². The van der Waals surface area contributed by atoms with Gasteiger partial charge < -0.3 is 20.0 Å². The summed E-state index contributed by atoms with van der Waals surface area (Å²) in [6.07, 6.45) is 8.49. The Bertz CT molecular complexity index is 728. The Morgan fingerprint density at radius 2 is 1.93 bits per heavy atom. The molecule has 6 nitrogen and oxygen atoms in total. The lowest BCUT2D eigenvalue weighted by atomic mass is 9.94. The summed E-state index contributed by atoms with van der Waals surface area (Å²) in [4.78, 5) is 11.7. The third-order valence-electron chi connectivity index (χ3n) is 5.27. The monoisotopic (exact) mass is 511 g/mol. The highest BCUT2D eigenvalue weighted by atomic mass is 127. The first-order chi connectivity index (χ1) is 13.8. The molecule has 29 heavy (non-hydrogen) atoms. The number of aliphatic imine (C=N–C) groups is 1. The van der Waals surface area contributed by atoms with Gasteiger partial charge in [0.05, 0.1) is 6.54 Å². The molecular weight excluding hydrogens is 477 g/mol. The van der Waals surface area contributed by atoms with Crippen LogP contribution in [0, 0.1) is 0 Å². The van der Waals surface area contributed by atoms with E-state index in [1.165, 1.54) is 32.1 Å². The molecular formula is C22H34IN5O. The summed E-state index contributed by atoms with van der Waals surface area (Å²) < 4.78 is 5.59. The Morgan fingerprint density at radius 3 is 2.66 bits per heavy atom. The molecule has 160 valence electrons. The molecule has 1 fully saturated rings. The number of hydrogen-bond donors (Lipinski definition) is 2. The van der Waals surface area contributed by atoms with E-state index < -0.39 is 0 Å². The zero-order valence-electron chi connectivity index (χ0n) is 17.6. The fourth-order valence-electron chi connectivity index (χ4n) is 3.65. The fraction of sp³-hybridized carbons (Fsp3) is 0.545. The van der Waals surface area contributed by atoms with Gasteiger partial charge in [0, 0.05) is 31.2 Å².